The van der Waals surface area contributed by atoms with Crippen LogP contribution in [0.1, 0.15) is 152 Å². The molecule has 0 aromatic rings. The first-order chi connectivity index (χ1) is 11.6. The van der Waals surface area contributed by atoms with E-state index in [0.717, 1.165) is 5.92 Å². The van der Waals surface area contributed by atoms with E-state index >= 15 is 0 Å². The molecule has 0 spiro atoms. The van der Waals surface area contributed by atoms with Crippen molar-refractivity contribution in [3.05, 3.63) is 0 Å². The molecule has 0 aromatic carbocycles. The molecule has 0 saturated heterocycles. The van der Waals surface area contributed by atoms with Crippen LogP contribution in [0.5, 0.6) is 0 Å². The predicted octanol–water partition coefficient (Wildman–Crippen LogP) is 10.2. The molecule has 0 unspecified atom stereocenters. The number of unbranched alkanes of at least 4 members (excludes halogenated alkanes) is 9. The summed E-state index contributed by atoms with van der Waals surface area (Å²) < 4.78 is 0. The van der Waals surface area contributed by atoms with Gasteiger partial charge in [0.15, 0.2) is 0 Å². The minimum atomic E-state index is 0.935. The van der Waals surface area contributed by atoms with Gasteiger partial charge in [0.2, 0.25) is 0 Å². The molecule has 0 aliphatic carbocycles. The average molecular weight is 345 g/mol. The van der Waals surface area contributed by atoms with Crippen molar-refractivity contribution in [1.82, 2.24) is 0 Å². The summed E-state index contributed by atoms with van der Waals surface area (Å²) in [6, 6.07) is 0. The van der Waals surface area contributed by atoms with Gasteiger partial charge in [-0.25, -0.2) is 0 Å². The third-order valence-corrected chi connectivity index (χ3v) is 4.27. The first kappa shape index (κ1) is 31.7. The van der Waals surface area contributed by atoms with E-state index in [2.05, 4.69) is 62.3 Å². The van der Waals surface area contributed by atoms with E-state index in [0.29, 0.717) is 0 Å². The van der Waals surface area contributed by atoms with E-state index in [1.165, 1.54) is 89.9 Å². The van der Waals surface area contributed by atoms with Crippen molar-refractivity contribution in [2.45, 2.75) is 152 Å². The van der Waals surface area contributed by atoms with E-state index in [1.54, 1.807) is 0 Å². The van der Waals surface area contributed by atoms with E-state index in [4.69, 9.17) is 0 Å². The topological polar surface area (TPSA) is 0 Å². The predicted molar refractivity (Wildman–Crippen MR) is 119 cm³/mol. The minimum absolute atomic E-state index is 0.935. The smallest absolute Gasteiger partial charge is 0.0448 e. The standard InChI is InChI=1S/C7H16.2C6H14.C5H12/c1-3-5-7-6-4-2;1-4-6(3)5-2;1-3-5-6-4-2;1-3-5-4-2/h3-7H2,1-2H3;6H,4-5H2,1-3H3;3-6H2,1-2H3;3-5H2,1-2H3. The second-order valence-corrected chi connectivity index (χ2v) is 7.04. The van der Waals surface area contributed by atoms with Crippen LogP contribution in [0, 0.1) is 5.92 Å². The van der Waals surface area contributed by atoms with E-state index in [1.807, 2.05) is 0 Å². The molecular weight excluding hydrogens is 288 g/mol. The molecule has 0 aromatic heterocycles. The summed E-state index contributed by atoms with van der Waals surface area (Å²) in [5.74, 6) is 0.935. The van der Waals surface area contributed by atoms with Crippen LogP contribution in [-0.4, -0.2) is 0 Å². The molecule has 0 N–H and O–H groups in total. The fraction of sp³-hybridized carbons (Fsp3) is 1.00. The molecular formula is C24H56. The van der Waals surface area contributed by atoms with Crippen molar-refractivity contribution in [2.24, 2.45) is 5.92 Å². The lowest BCUT2D eigenvalue weighted by Crippen LogP contribution is -1.85. The molecule has 0 aliphatic heterocycles. The third kappa shape index (κ3) is 57.4. The zero-order valence-electron chi connectivity index (χ0n) is 19.5. The minimum Gasteiger partial charge on any atom is -0.0654 e. The van der Waals surface area contributed by atoms with Crippen molar-refractivity contribution in [3.8, 4) is 0 Å². The highest BCUT2D eigenvalue weighted by Crippen LogP contribution is 2.03. The number of hydrogen-bond acceptors (Lipinski definition) is 0. The highest BCUT2D eigenvalue weighted by molar-refractivity contribution is 4.41. The zero-order chi connectivity index (χ0) is 19.5. The molecule has 0 fully saturated rings. The summed E-state index contributed by atoms with van der Waals surface area (Å²) in [6.07, 6.45) is 19.3. The summed E-state index contributed by atoms with van der Waals surface area (Å²) in [5, 5.41) is 0. The zero-order valence-corrected chi connectivity index (χ0v) is 19.5. The highest BCUT2D eigenvalue weighted by Gasteiger charge is 1.88. The molecule has 152 valence electrons. The maximum Gasteiger partial charge on any atom is -0.0448 e. The van der Waals surface area contributed by atoms with Gasteiger partial charge in [-0.15, -0.1) is 0 Å². The molecule has 0 atom stereocenters. The van der Waals surface area contributed by atoms with Crippen molar-refractivity contribution in [1.29, 1.82) is 0 Å². The maximum absolute atomic E-state index is 2.28. The third-order valence-electron chi connectivity index (χ3n) is 4.27. The van der Waals surface area contributed by atoms with Crippen LogP contribution in [0.15, 0.2) is 0 Å². The Labute approximate surface area is 158 Å². The van der Waals surface area contributed by atoms with E-state index in [9.17, 15) is 0 Å². The van der Waals surface area contributed by atoms with Gasteiger partial charge in [-0.2, -0.15) is 0 Å². The summed E-state index contributed by atoms with van der Waals surface area (Å²) >= 11 is 0. The van der Waals surface area contributed by atoms with Gasteiger partial charge in [0.1, 0.15) is 0 Å². The van der Waals surface area contributed by atoms with E-state index in [-0.39, 0.29) is 0 Å². The van der Waals surface area contributed by atoms with Crippen molar-refractivity contribution < 1.29 is 0 Å². The molecule has 0 aliphatic rings. The molecule has 0 rings (SSSR count). The van der Waals surface area contributed by atoms with Gasteiger partial charge in [0.05, 0.1) is 0 Å². The Bertz CT molecular complexity index is 125. The molecule has 0 nitrogen and oxygen atoms in total. The lowest BCUT2D eigenvalue weighted by molar-refractivity contribution is 0.544. The van der Waals surface area contributed by atoms with Gasteiger partial charge >= 0.3 is 0 Å². The lowest BCUT2D eigenvalue weighted by Gasteiger charge is -1.98. The van der Waals surface area contributed by atoms with Crippen molar-refractivity contribution >= 4 is 0 Å². The van der Waals surface area contributed by atoms with Crippen molar-refractivity contribution in [3.63, 3.8) is 0 Å². The Hall–Kier alpha value is 0. The van der Waals surface area contributed by atoms with Crippen LogP contribution in [0.25, 0.3) is 0 Å². The SMILES string of the molecule is CCC(C)CC.CCCCC.CCCCCC.CCCCCCC. The Morgan fingerprint density at radius 2 is 0.625 bits per heavy atom. The fourth-order valence-corrected chi connectivity index (χ4v) is 1.82. The molecule has 0 bridgehead atoms. The number of hydrogen-bond donors (Lipinski definition) is 0. The van der Waals surface area contributed by atoms with Gasteiger partial charge in [0, 0.05) is 0 Å². The molecule has 0 radical (unpaired) electrons. The molecule has 0 saturated carbocycles. The quantitative estimate of drug-likeness (QED) is 0.327. The fourth-order valence-electron chi connectivity index (χ4n) is 1.82. The summed E-state index contributed by atoms with van der Waals surface area (Å²) in [7, 11) is 0. The molecule has 24 heavy (non-hydrogen) atoms. The van der Waals surface area contributed by atoms with E-state index < -0.39 is 0 Å². The van der Waals surface area contributed by atoms with Crippen LogP contribution in [0.3, 0.4) is 0 Å². The van der Waals surface area contributed by atoms with Crippen molar-refractivity contribution in [2.75, 3.05) is 0 Å². The second kappa shape index (κ2) is 38.5. The Morgan fingerprint density at radius 1 is 0.375 bits per heavy atom. The summed E-state index contributed by atoms with van der Waals surface area (Å²) in [5.41, 5.74) is 0. The van der Waals surface area contributed by atoms with Crippen LogP contribution in [0.2, 0.25) is 0 Å². The maximum atomic E-state index is 2.28. The van der Waals surface area contributed by atoms with Gasteiger partial charge in [-0.3, -0.25) is 0 Å². The normalized spacial score (nSPS) is 9.25. The first-order valence-electron chi connectivity index (χ1n) is 11.6. The average Bonchev–Trinajstić information content (AvgIpc) is 2.62. The van der Waals surface area contributed by atoms with Crippen LogP contribution in [0.4, 0.5) is 0 Å². The van der Waals surface area contributed by atoms with Gasteiger partial charge in [-0.05, 0) is 5.92 Å². The Kier molecular flexibility index (Phi) is 50.9. The van der Waals surface area contributed by atoms with Gasteiger partial charge in [0.25, 0.3) is 0 Å². The first-order valence-corrected chi connectivity index (χ1v) is 11.6. The van der Waals surface area contributed by atoms with Gasteiger partial charge < -0.3 is 0 Å². The Morgan fingerprint density at radius 3 is 0.750 bits per heavy atom. The monoisotopic (exact) mass is 344 g/mol. The largest absolute Gasteiger partial charge is 0.0654 e. The second-order valence-electron chi connectivity index (χ2n) is 7.04. The van der Waals surface area contributed by atoms with Gasteiger partial charge in [-0.1, -0.05) is 152 Å². The van der Waals surface area contributed by atoms with Crippen LogP contribution >= 0.6 is 0 Å². The molecule has 0 amide bonds. The molecule has 0 heteroatoms. The summed E-state index contributed by atoms with van der Waals surface area (Å²) in [6.45, 7) is 20.1. The number of rotatable bonds is 11. The summed E-state index contributed by atoms with van der Waals surface area (Å²) in [4.78, 5) is 0. The lowest BCUT2D eigenvalue weighted by atomic mass is 10.1. The highest BCUT2D eigenvalue weighted by atomic mass is 13.9. The van der Waals surface area contributed by atoms with Crippen LogP contribution < -0.4 is 0 Å². The van der Waals surface area contributed by atoms with Crippen LogP contribution in [-0.2, 0) is 0 Å². The Balaban J connectivity index is -0.000000112. The molecule has 0 heterocycles.